The summed E-state index contributed by atoms with van der Waals surface area (Å²) < 4.78 is 6.25. The fourth-order valence-corrected chi connectivity index (χ4v) is 4.74. The van der Waals surface area contributed by atoms with E-state index in [1.165, 1.54) is 4.88 Å². The van der Waals surface area contributed by atoms with Crippen molar-refractivity contribution in [1.29, 1.82) is 0 Å². The van der Waals surface area contributed by atoms with E-state index in [9.17, 15) is 4.79 Å². The van der Waals surface area contributed by atoms with Crippen LogP contribution in [0.5, 0.6) is 0 Å². The van der Waals surface area contributed by atoms with E-state index in [-0.39, 0.29) is 5.43 Å². The van der Waals surface area contributed by atoms with Gasteiger partial charge in [-0.3, -0.25) is 4.79 Å². The lowest BCUT2D eigenvalue weighted by atomic mass is 9.77. The van der Waals surface area contributed by atoms with Crippen LogP contribution in [0.25, 0.3) is 10.1 Å². The molecule has 3 rings (SSSR count). The molecule has 0 N–H and O–H groups in total. The third-order valence-electron chi connectivity index (χ3n) is 4.82. The van der Waals surface area contributed by atoms with Gasteiger partial charge in [0.1, 0.15) is 0 Å². The fourth-order valence-electron chi connectivity index (χ4n) is 3.24. The molecule has 0 saturated carbocycles. The first-order valence-corrected chi connectivity index (χ1v) is 9.02. The summed E-state index contributed by atoms with van der Waals surface area (Å²) in [7, 11) is 3.78. The SMILES string of the molecule is COCCN(C)c1ccc2c(=O)c3c(sc2c1)CC(C)(C)CC3. The van der Waals surface area contributed by atoms with Crippen LogP contribution in [0.3, 0.4) is 0 Å². The molecule has 1 aromatic heterocycles. The van der Waals surface area contributed by atoms with Crippen molar-refractivity contribution >= 4 is 27.1 Å². The summed E-state index contributed by atoms with van der Waals surface area (Å²) in [5.41, 5.74) is 2.74. The van der Waals surface area contributed by atoms with Crippen LogP contribution in [0.15, 0.2) is 23.0 Å². The Labute approximate surface area is 141 Å². The number of fused-ring (bicyclic) bond motifs is 2. The van der Waals surface area contributed by atoms with E-state index in [0.29, 0.717) is 12.0 Å². The monoisotopic (exact) mass is 331 g/mol. The zero-order valence-corrected chi connectivity index (χ0v) is 15.3. The Morgan fingerprint density at radius 2 is 2.13 bits per heavy atom. The molecular weight excluding hydrogens is 306 g/mol. The first kappa shape index (κ1) is 16.5. The topological polar surface area (TPSA) is 29.5 Å². The predicted molar refractivity (Wildman–Crippen MR) is 99.0 cm³/mol. The van der Waals surface area contributed by atoms with Crippen molar-refractivity contribution in [3.63, 3.8) is 0 Å². The highest BCUT2D eigenvalue weighted by atomic mass is 32.1. The molecule has 3 nitrogen and oxygen atoms in total. The molecular formula is C19H25NO2S. The number of likely N-dealkylation sites (N-methyl/N-ethyl adjacent to an activating group) is 1. The number of benzene rings is 1. The van der Waals surface area contributed by atoms with Crippen LogP contribution >= 0.6 is 11.3 Å². The number of methoxy groups -OCH3 is 1. The maximum atomic E-state index is 12.8. The summed E-state index contributed by atoms with van der Waals surface area (Å²) in [6.07, 6.45) is 3.04. The Morgan fingerprint density at radius 3 is 2.87 bits per heavy atom. The third kappa shape index (κ3) is 3.29. The Balaban J connectivity index is 2.04. The molecule has 0 amide bonds. The fraction of sp³-hybridized carbons (Fsp3) is 0.526. The molecule has 1 aliphatic rings. The van der Waals surface area contributed by atoms with Crippen molar-refractivity contribution in [2.24, 2.45) is 5.41 Å². The highest BCUT2D eigenvalue weighted by Gasteiger charge is 2.28. The normalized spacial score (nSPS) is 16.3. The molecule has 0 atom stereocenters. The lowest BCUT2D eigenvalue weighted by Crippen LogP contribution is -2.26. The number of hydrogen-bond acceptors (Lipinski definition) is 4. The van der Waals surface area contributed by atoms with E-state index in [2.05, 4.69) is 31.9 Å². The second-order valence-electron chi connectivity index (χ2n) is 7.27. The number of anilines is 1. The summed E-state index contributed by atoms with van der Waals surface area (Å²) in [5.74, 6) is 0. The maximum absolute atomic E-state index is 12.8. The van der Waals surface area contributed by atoms with Crippen LogP contribution in [0.2, 0.25) is 0 Å². The van der Waals surface area contributed by atoms with E-state index in [0.717, 1.165) is 47.1 Å². The zero-order chi connectivity index (χ0) is 16.6. The molecule has 0 radical (unpaired) electrons. The molecule has 0 fully saturated rings. The molecule has 0 aliphatic heterocycles. The number of nitrogens with zero attached hydrogens (tertiary/aromatic N) is 1. The average Bonchev–Trinajstić information content (AvgIpc) is 2.51. The summed E-state index contributed by atoms with van der Waals surface area (Å²) in [5, 5.41) is 0.873. The van der Waals surface area contributed by atoms with Gasteiger partial charge in [-0.2, -0.15) is 0 Å². The van der Waals surface area contributed by atoms with Crippen molar-refractivity contribution < 1.29 is 4.74 Å². The van der Waals surface area contributed by atoms with Crippen molar-refractivity contribution in [1.82, 2.24) is 0 Å². The van der Waals surface area contributed by atoms with Gasteiger partial charge >= 0.3 is 0 Å². The van der Waals surface area contributed by atoms with Gasteiger partial charge in [0, 0.05) is 46.9 Å². The minimum absolute atomic E-state index is 0.246. The zero-order valence-electron chi connectivity index (χ0n) is 14.4. The summed E-state index contributed by atoms with van der Waals surface area (Å²) in [6.45, 7) is 6.14. The molecule has 4 heteroatoms. The van der Waals surface area contributed by atoms with Gasteiger partial charge in [0.2, 0.25) is 0 Å². The van der Waals surface area contributed by atoms with Crippen LogP contribution in [0.4, 0.5) is 5.69 Å². The van der Waals surface area contributed by atoms with Crippen molar-refractivity contribution in [3.8, 4) is 0 Å². The van der Waals surface area contributed by atoms with E-state index < -0.39 is 0 Å². The maximum Gasteiger partial charge on any atom is 0.191 e. The van der Waals surface area contributed by atoms with Crippen LogP contribution in [-0.2, 0) is 17.6 Å². The smallest absolute Gasteiger partial charge is 0.191 e. The lowest BCUT2D eigenvalue weighted by Gasteiger charge is -2.30. The van der Waals surface area contributed by atoms with Gasteiger partial charge in [-0.15, -0.1) is 11.3 Å². The molecule has 23 heavy (non-hydrogen) atoms. The van der Waals surface area contributed by atoms with Crippen LogP contribution in [0.1, 0.15) is 30.7 Å². The number of rotatable bonds is 4. The minimum Gasteiger partial charge on any atom is -0.383 e. The van der Waals surface area contributed by atoms with Gasteiger partial charge in [-0.1, -0.05) is 13.8 Å². The van der Waals surface area contributed by atoms with Crippen molar-refractivity contribution in [2.45, 2.75) is 33.1 Å². The minimum atomic E-state index is 0.246. The average molecular weight is 331 g/mol. The first-order chi connectivity index (χ1) is 10.9. The highest BCUT2D eigenvalue weighted by Crippen LogP contribution is 2.37. The Hall–Kier alpha value is -1.39. The largest absolute Gasteiger partial charge is 0.383 e. The lowest BCUT2D eigenvalue weighted by molar-refractivity contribution is 0.206. The van der Waals surface area contributed by atoms with E-state index in [1.807, 2.05) is 12.1 Å². The van der Waals surface area contributed by atoms with Crippen molar-refractivity contribution in [2.75, 3.05) is 32.2 Å². The second kappa shape index (κ2) is 6.25. The summed E-state index contributed by atoms with van der Waals surface area (Å²) in [4.78, 5) is 16.3. The first-order valence-electron chi connectivity index (χ1n) is 8.20. The summed E-state index contributed by atoms with van der Waals surface area (Å²) in [6, 6.07) is 6.19. The Morgan fingerprint density at radius 1 is 1.35 bits per heavy atom. The third-order valence-corrected chi connectivity index (χ3v) is 6.01. The molecule has 1 aromatic carbocycles. The molecule has 0 bridgehead atoms. The quantitative estimate of drug-likeness (QED) is 0.852. The van der Waals surface area contributed by atoms with Crippen molar-refractivity contribution in [3.05, 3.63) is 38.9 Å². The number of hydrogen-bond donors (Lipinski definition) is 0. The van der Waals surface area contributed by atoms with Gasteiger partial charge in [0.15, 0.2) is 5.43 Å². The molecule has 1 aliphatic carbocycles. The van der Waals surface area contributed by atoms with E-state index in [4.69, 9.17) is 4.74 Å². The molecule has 2 aromatic rings. The van der Waals surface area contributed by atoms with Gasteiger partial charge < -0.3 is 9.64 Å². The number of ether oxygens (including phenoxy) is 1. The van der Waals surface area contributed by atoms with Gasteiger partial charge in [0.05, 0.1) is 6.61 Å². The van der Waals surface area contributed by atoms with Crippen LogP contribution < -0.4 is 10.3 Å². The van der Waals surface area contributed by atoms with E-state index in [1.54, 1.807) is 18.4 Å². The second-order valence-corrected chi connectivity index (χ2v) is 8.41. The van der Waals surface area contributed by atoms with Gasteiger partial charge in [-0.05, 0) is 42.9 Å². The van der Waals surface area contributed by atoms with Gasteiger partial charge in [0.25, 0.3) is 0 Å². The van der Waals surface area contributed by atoms with E-state index >= 15 is 0 Å². The van der Waals surface area contributed by atoms with Crippen LogP contribution in [0, 0.1) is 5.41 Å². The predicted octanol–water partition coefficient (Wildman–Crippen LogP) is 3.86. The standard InChI is InChI=1S/C19H25NO2S/c1-19(2)8-7-15-17(12-19)23-16-11-13(20(3)9-10-22-4)5-6-14(16)18(15)21/h5-6,11H,7-10,12H2,1-4H3. The Kier molecular flexibility index (Phi) is 4.47. The molecule has 0 unspecified atom stereocenters. The highest BCUT2D eigenvalue weighted by molar-refractivity contribution is 7.18. The molecule has 0 spiro atoms. The van der Waals surface area contributed by atoms with Gasteiger partial charge in [-0.25, -0.2) is 0 Å². The molecule has 0 saturated heterocycles. The van der Waals surface area contributed by atoms with Crippen LogP contribution in [-0.4, -0.2) is 27.3 Å². The molecule has 124 valence electrons. The Bertz CT molecular complexity index is 779. The molecule has 1 heterocycles. The summed E-state index contributed by atoms with van der Waals surface area (Å²) >= 11 is 1.80.